The molecule has 0 bridgehead atoms. The third kappa shape index (κ3) is 3.15. The standard InChI is InChI=1S/C8H12Cl2N4O/c1-5(2)14(3-4-15)7-6(9)12-13-8(10)11-7/h5,15H,3-4H2,1-2H3. The van der Waals surface area contributed by atoms with Gasteiger partial charge in [0.1, 0.15) is 0 Å². The van der Waals surface area contributed by atoms with Crippen LogP contribution in [0.5, 0.6) is 0 Å². The zero-order valence-corrected chi connectivity index (χ0v) is 10.00. The fraction of sp³-hybridized carbons (Fsp3) is 0.625. The van der Waals surface area contributed by atoms with E-state index in [9.17, 15) is 0 Å². The first kappa shape index (κ1) is 12.4. The summed E-state index contributed by atoms with van der Waals surface area (Å²) in [6.45, 7) is 4.35. The predicted molar refractivity (Wildman–Crippen MR) is 59.4 cm³/mol. The number of anilines is 1. The predicted octanol–water partition coefficient (Wildman–Crippen LogP) is 1.39. The fourth-order valence-corrected chi connectivity index (χ4v) is 1.49. The van der Waals surface area contributed by atoms with Gasteiger partial charge in [-0.1, -0.05) is 11.6 Å². The Morgan fingerprint density at radius 1 is 1.33 bits per heavy atom. The van der Waals surface area contributed by atoms with Gasteiger partial charge < -0.3 is 10.0 Å². The van der Waals surface area contributed by atoms with Crippen molar-refractivity contribution in [1.82, 2.24) is 15.2 Å². The molecular formula is C8H12Cl2N4O. The van der Waals surface area contributed by atoms with Crippen LogP contribution < -0.4 is 4.90 Å². The van der Waals surface area contributed by atoms with E-state index >= 15 is 0 Å². The Balaban J connectivity index is 3.04. The average molecular weight is 251 g/mol. The molecule has 0 atom stereocenters. The summed E-state index contributed by atoms with van der Waals surface area (Å²) >= 11 is 11.5. The van der Waals surface area contributed by atoms with Gasteiger partial charge in [-0.25, -0.2) is 0 Å². The van der Waals surface area contributed by atoms with Crippen molar-refractivity contribution >= 4 is 29.0 Å². The molecule has 15 heavy (non-hydrogen) atoms. The van der Waals surface area contributed by atoms with Gasteiger partial charge in [-0.05, 0) is 25.4 Å². The number of aliphatic hydroxyl groups excluding tert-OH is 1. The molecule has 1 heterocycles. The highest BCUT2D eigenvalue weighted by Crippen LogP contribution is 2.22. The molecule has 1 N–H and O–H groups in total. The smallest absolute Gasteiger partial charge is 0.245 e. The first-order chi connectivity index (χ1) is 7.06. The van der Waals surface area contributed by atoms with E-state index in [0.29, 0.717) is 12.4 Å². The third-order valence-electron chi connectivity index (χ3n) is 1.84. The van der Waals surface area contributed by atoms with Gasteiger partial charge in [0, 0.05) is 12.6 Å². The Labute approximate surface area is 98.0 Å². The van der Waals surface area contributed by atoms with Crippen LogP contribution in [0.4, 0.5) is 5.82 Å². The summed E-state index contributed by atoms with van der Waals surface area (Å²) in [5.74, 6) is 0.445. The molecule has 0 saturated heterocycles. The van der Waals surface area contributed by atoms with Crippen molar-refractivity contribution in [2.45, 2.75) is 19.9 Å². The van der Waals surface area contributed by atoms with Crippen molar-refractivity contribution in [3.8, 4) is 0 Å². The van der Waals surface area contributed by atoms with Crippen LogP contribution in [0.25, 0.3) is 0 Å². The minimum atomic E-state index is 0.0101. The van der Waals surface area contributed by atoms with Crippen molar-refractivity contribution < 1.29 is 5.11 Å². The van der Waals surface area contributed by atoms with Gasteiger partial charge in [0.15, 0.2) is 11.0 Å². The minimum absolute atomic E-state index is 0.0101. The quantitative estimate of drug-likeness (QED) is 0.875. The maximum Gasteiger partial charge on any atom is 0.245 e. The Kier molecular flexibility index (Phi) is 4.50. The molecule has 1 aromatic rings. The van der Waals surface area contributed by atoms with Crippen molar-refractivity contribution in [2.24, 2.45) is 0 Å². The maximum absolute atomic E-state index is 8.93. The number of rotatable bonds is 4. The summed E-state index contributed by atoms with van der Waals surface area (Å²) in [7, 11) is 0. The fourth-order valence-electron chi connectivity index (χ4n) is 1.18. The Bertz CT molecular complexity index is 334. The second-order valence-corrected chi connectivity index (χ2v) is 3.90. The Hall–Kier alpha value is -0.650. The molecule has 84 valence electrons. The van der Waals surface area contributed by atoms with E-state index in [-0.39, 0.29) is 23.1 Å². The molecule has 0 aliphatic rings. The molecule has 0 fully saturated rings. The van der Waals surface area contributed by atoms with E-state index in [1.54, 1.807) is 0 Å². The van der Waals surface area contributed by atoms with Gasteiger partial charge in [0.25, 0.3) is 0 Å². The SMILES string of the molecule is CC(C)N(CCO)c1nc(Cl)nnc1Cl. The number of aromatic nitrogens is 3. The molecule has 1 rings (SSSR count). The summed E-state index contributed by atoms with van der Waals surface area (Å²) in [6, 6.07) is 0.141. The molecule has 0 aliphatic heterocycles. The highest BCUT2D eigenvalue weighted by molar-refractivity contribution is 6.32. The molecule has 5 nitrogen and oxygen atoms in total. The lowest BCUT2D eigenvalue weighted by Crippen LogP contribution is -2.34. The van der Waals surface area contributed by atoms with Crippen LogP contribution in [0.3, 0.4) is 0 Å². The van der Waals surface area contributed by atoms with E-state index in [1.807, 2.05) is 18.7 Å². The number of nitrogens with zero attached hydrogens (tertiary/aromatic N) is 4. The van der Waals surface area contributed by atoms with Crippen LogP contribution in [0.15, 0.2) is 0 Å². The molecular weight excluding hydrogens is 239 g/mol. The first-order valence-electron chi connectivity index (χ1n) is 4.49. The zero-order chi connectivity index (χ0) is 11.4. The van der Waals surface area contributed by atoms with E-state index in [2.05, 4.69) is 15.2 Å². The largest absolute Gasteiger partial charge is 0.395 e. The van der Waals surface area contributed by atoms with Crippen LogP contribution in [-0.4, -0.2) is 39.5 Å². The molecule has 0 aromatic carbocycles. The number of aliphatic hydroxyl groups is 1. The second kappa shape index (κ2) is 5.44. The lowest BCUT2D eigenvalue weighted by atomic mass is 10.3. The van der Waals surface area contributed by atoms with Gasteiger partial charge in [-0.2, -0.15) is 4.98 Å². The van der Waals surface area contributed by atoms with E-state index in [0.717, 1.165) is 0 Å². The summed E-state index contributed by atoms with van der Waals surface area (Å²) in [4.78, 5) is 5.80. The summed E-state index contributed by atoms with van der Waals surface area (Å²) in [5, 5.41) is 16.3. The summed E-state index contributed by atoms with van der Waals surface area (Å²) in [5.41, 5.74) is 0. The number of hydrogen-bond acceptors (Lipinski definition) is 5. The van der Waals surface area contributed by atoms with Crippen molar-refractivity contribution in [2.75, 3.05) is 18.1 Å². The Morgan fingerprint density at radius 2 is 2.00 bits per heavy atom. The van der Waals surface area contributed by atoms with Crippen LogP contribution in [0.2, 0.25) is 10.4 Å². The summed E-state index contributed by atoms with van der Waals surface area (Å²) < 4.78 is 0. The zero-order valence-electron chi connectivity index (χ0n) is 8.48. The van der Waals surface area contributed by atoms with Gasteiger partial charge in [-0.15, -0.1) is 10.2 Å². The van der Waals surface area contributed by atoms with E-state index in [4.69, 9.17) is 28.3 Å². The highest BCUT2D eigenvalue weighted by Gasteiger charge is 2.16. The van der Waals surface area contributed by atoms with Crippen LogP contribution >= 0.6 is 23.2 Å². The second-order valence-electron chi connectivity index (χ2n) is 3.21. The lowest BCUT2D eigenvalue weighted by molar-refractivity contribution is 0.298. The van der Waals surface area contributed by atoms with Gasteiger partial charge in [0.2, 0.25) is 5.28 Å². The molecule has 1 aromatic heterocycles. The van der Waals surface area contributed by atoms with Gasteiger partial charge >= 0.3 is 0 Å². The topological polar surface area (TPSA) is 62.1 Å². The summed E-state index contributed by atoms with van der Waals surface area (Å²) in [6.07, 6.45) is 0. The van der Waals surface area contributed by atoms with Crippen molar-refractivity contribution in [3.63, 3.8) is 0 Å². The molecule has 0 saturated carbocycles. The molecule has 0 aliphatic carbocycles. The average Bonchev–Trinajstić information content (AvgIpc) is 2.18. The van der Waals surface area contributed by atoms with Crippen molar-refractivity contribution in [1.29, 1.82) is 0 Å². The van der Waals surface area contributed by atoms with Crippen LogP contribution in [0, 0.1) is 0 Å². The lowest BCUT2D eigenvalue weighted by Gasteiger charge is -2.26. The van der Waals surface area contributed by atoms with Crippen LogP contribution in [-0.2, 0) is 0 Å². The number of hydrogen-bond donors (Lipinski definition) is 1. The minimum Gasteiger partial charge on any atom is -0.395 e. The van der Waals surface area contributed by atoms with Crippen molar-refractivity contribution in [3.05, 3.63) is 10.4 Å². The third-order valence-corrected chi connectivity index (χ3v) is 2.24. The number of halogens is 2. The molecule has 7 heteroatoms. The monoisotopic (exact) mass is 250 g/mol. The van der Waals surface area contributed by atoms with Gasteiger partial charge in [-0.3, -0.25) is 0 Å². The van der Waals surface area contributed by atoms with E-state index in [1.165, 1.54) is 0 Å². The normalized spacial score (nSPS) is 10.8. The molecule has 0 spiro atoms. The van der Waals surface area contributed by atoms with Crippen LogP contribution in [0.1, 0.15) is 13.8 Å². The maximum atomic E-state index is 8.93. The molecule has 0 radical (unpaired) electrons. The Morgan fingerprint density at radius 3 is 2.53 bits per heavy atom. The molecule has 0 amide bonds. The van der Waals surface area contributed by atoms with E-state index < -0.39 is 0 Å². The molecule has 0 unspecified atom stereocenters. The van der Waals surface area contributed by atoms with Gasteiger partial charge in [0.05, 0.1) is 6.61 Å². The highest BCUT2D eigenvalue weighted by atomic mass is 35.5. The first-order valence-corrected chi connectivity index (χ1v) is 5.25.